The molecule has 0 bridgehead atoms. The Morgan fingerprint density at radius 1 is 0.700 bits per heavy atom. The number of aromatic nitrogens is 2. The number of hydrogen-bond acceptors (Lipinski definition) is 1. The van der Waals surface area contributed by atoms with E-state index in [1.165, 1.54) is 22.8 Å². The van der Waals surface area contributed by atoms with Crippen LogP contribution in [0.2, 0.25) is 0 Å². The molecule has 0 saturated carbocycles. The number of phenolic OH excluding ortho intramolecular Hbond substituents is 1. The van der Waals surface area contributed by atoms with Gasteiger partial charge in [0.05, 0.1) is 11.4 Å². The highest BCUT2D eigenvalue weighted by Crippen LogP contribution is 2.36. The average Bonchev–Trinajstić information content (AvgIpc) is 3.33. The molecule has 0 aliphatic heterocycles. The van der Waals surface area contributed by atoms with Gasteiger partial charge in [-0.15, -0.1) is 0 Å². The van der Waals surface area contributed by atoms with Crippen LogP contribution in [0.3, 0.4) is 0 Å². The van der Waals surface area contributed by atoms with Crippen molar-refractivity contribution in [1.82, 2.24) is 9.13 Å². The maximum absolute atomic E-state index is 11.5. The minimum Gasteiger partial charge on any atom is -0.504 e. The molecule has 3 nitrogen and oxygen atoms in total. The van der Waals surface area contributed by atoms with Crippen LogP contribution in [0.15, 0.2) is 42.5 Å². The molecule has 2 heterocycles. The highest BCUT2D eigenvalue weighted by Gasteiger charge is 2.20. The molecule has 0 aliphatic carbocycles. The molecule has 0 fully saturated rings. The summed E-state index contributed by atoms with van der Waals surface area (Å²) in [5.74, 6) is 0.818. The first-order chi connectivity index (χ1) is 14.6. The Hall–Kier alpha value is -2.42. The van der Waals surface area contributed by atoms with Gasteiger partial charge in [-0.2, -0.15) is 0 Å². The third-order valence-corrected chi connectivity index (χ3v) is 6.15. The second kappa shape index (κ2) is 10.1. The largest absolute Gasteiger partial charge is 0.504 e. The smallest absolute Gasteiger partial charge is 0.163 e. The molecule has 30 heavy (non-hydrogen) atoms. The molecule has 162 valence electrons. The molecule has 1 N–H and O–H groups in total. The summed E-state index contributed by atoms with van der Waals surface area (Å²) in [5.41, 5.74) is 6.90. The fourth-order valence-electron chi connectivity index (χ4n) is 4.45. The Balaban J connectivity index is 2.21. The maximum Gasteiger partial charge on any atom is 0.163 e. The predicted molar refractivity (Wildman–Crippen MR) is 127 cm³/mol. The molecule has 1 unspecified atom stereocenters. The monoisotopic (exact) mass is 406 g/mol. The van der Waals surface area contributed by atoms with Gasteiger partial charge in [-0.1, -0.05) is 59.9 Å². The van der Waals surface area contributed by atoms with Crippen LogP contribution in [0.25, 0.3) is 11.4 Å². The summed E-state index contributed by atoms with van der Waals surface area (Å²) in [5, 5.41) is 11.5. The van der Waals surface area contributed by atoms with Crippen molar-refractivity contribution in [1.29, 1.82) is 0 Å². The summed E-state index contributed by atoms with van der Waals surface area (Å²) in [4.78, 5) is 0. The minimum atomic E-state index is 0.376. The fraction of sp³-hybridized carbons (Fsp3) is 0.481. The molecule has 0 saturated heterocycles. The van der Waals surface area contributed by atoms with Crippen molar-refractivity contribution in [3.05, 3.63) is 65.2 Å². The lowest BCUT2D eigenvalue weighted by Crippen LogP contribution is -2.10. The molecule has 1 atom stereocenters. The van der Waals surface area contributed by atoms with E-state index in [4.69, 9.17) is 0 Å². The summed E-state index contributed by atoms with van der Waals surface area (Å²) in [6.45, 7) is 11.1. The van der Waals surface area contributed by atoms with E-state index in [0.29, 0.717) is 11.7 Å². The second-order valence-electron chi connectivity index (χ2n) is 8.44. The summed E-state index contributed by atoms with van der Waals surface area (Å²) in [6.07, 6.45) is 7.37. The topological polar surface area (TPSA) is 30.1 Å². The molecule has 3 heteroatoms. The normalized spacial score (nSPS) is 12.4. The van der Waals surface area contributed by atoms with Crippen molar-refractivity contribution in [2.75, 3.05) is 0 Å². The van der Waals surface area contributed by atoms with Crippen molar-refractivity contribution in [3.63, 3.8) is 0 Å². The molecule has 3 aromatic rings. The van der Waals surface area contributed by atoms with Gasteiger partial charge in [0.1, 0.15) is 0 Å². The lowest BCUT2D eigenvalue weighted by atomic mass is 10.0. The first kappa shape index (κ1) is 22.3. The fourth-order valence-corrected chi connectivity index (χ4v) is 4.45. The SMILES string of the molecule is CCCc1ccc(CCC)n1-c1cccc(-n2c(CCC)ccc2C(C)CC)c1O. The summed E-state index contributed by atoms with van der Waals surface area (Å²) in [7, 11) is 0. The van der Waals surface area contributed by atoms with E-state index in [1.807, 2.05) is 0 Å². The molecule has 1 aromatic carbocycles. The Morgan fingerprint density at radius 3 is 1.67 bits per heavy atom. The number of benzene rings is 1. The molecule has 2 aromatic heterocycles. The van der Waals surface area contributed by atoms with Gasteiger partial charge >= 0.3 is 0 Å². The van der Waals surface area contributed by atoms with Crippen LogP contribution in [0.5, 0.6) is 5.75 Å². The summed E-state index contributed by atoms with van der Waals surface area (Å²) in [6, 6.07) is 15.1. The summed E-state index contributed by atoms with van der Waals surface area (Å²) < 4.78 is 4.59. The number of phenols is 1. The van der Waals surface area contributed by atoms with E-state index in [2.05, 4.69) is 86.2 Å². The van der Waals surface area contributed by atoms with Crippen molar-refractivity contribution in [2.45, 2.75) is 85.5 Å². The lowest BCUT2D eigenvalue weighted by Gasteiger charge is -2.21. The number of aromatic hydroxyl groups is 1. The molecule has 0 aliphatic rings. The Morgan fingerprint density at radius 2 is 1.17 bits per heavy atom. The zero-order chi connectivity index (χ0) is 21.7. The van der Waals surface area contributed by atoms with Crippen molar-refractivity contribution in [3.8, 4) is 17.1 Å². The van der Waals surface area contributed by atoms with Crippen molar-refractivity contribution in [2.24, 2.45) is 0 Å². The Labute approximate surface area is 182 Å². The average molecular weight is 407 g/mol. The van der Waals surface area contributed by atoms with Crippen LogP contribution in [-0.2, 0) is 19.3 Å². The zero-order valence-electron chi connectivity index (χ0n) is 19.4. The third kappa shape index (κ3) is 4.21. The minimum absolute atomic E-state index is 0.376. The molecular weight excluding hydrogens is 368 g/mol. The molecule has 0 amide bonds. The van der Waals surface area contributed by atoms with Crippen LogP contribution < -0.4 is 0 Å². The second-order valence-corrected chi connectivity index (χ2v) is 8.44. The zero-order valence-corrected chi connectivity index (χ0v) is 19.4. The van der Waals surface area contributed by atoms with Gasteiger partial charge in [-0.25, -0.2) is 0 Å². The van der Waals surface area contributed by atoms with E-state index >= 15 is 0 Å². The molecule has 0 radical (unpaired) electrons. The lowest BCUT2D eigenvalue weighted by molar-refractivity contribution is 0.466. The van der Waals surface area contributed by atoms with Gasteiger partial charge in [0.2, 0.25) is 0 Å². The molecule has 3 rings (SSSR count). The van der Waals surface area contributed by atoms with E-state index < -0.39 is 0 Å². The van der Waals surface area contributed by atoms with Crippen LogP contribution >= 0.6 is 0 Å². The van der Waals surface area contributed by atoms with Gasteiger partial charge in [0.25, 0.3) is 0 Å². The van der Waals surface area contributed by atoms with Crippen molar-refractivity contribution >= 4 is 0 Å². The number of nitrogens with zero attached hydrogens (tertiary/aromatic N) is 2. The number of para-hydroxylation sites is 1. The highest BCUT2D eigenvalue weighted by molar-refractivity contribution is 5.61. The van der Waals surface area contributed by atoms with E-state index in [-0.39, 0.29) is 0 Å². The van der Waals surface area contributed by atoms with Gasteiger partial charge in [0.15, 0.2) is 5.75 Å². The van der Waals surface area contributed by atoms with Gasteiger partial charge in [0, 0.05) is 22.8 Å². The summed E-state index contributed by atoms with van der Waals surface area (Å²) >= 11 is 0. The van der Waals surface area contributed by atoms with Gasteiger partial charge in [-0.05, 0) is 68.0 Å². The quantitative estimate of drug-likeness (QED) is 0.375. The van der Waals surface area contributed by atoms with E-state index in [0.717, 1.165) is 56.3 Å². The maximum atomic E-state index is 11.5. The van der Waals surface area contributed by atoms with Crippen LogP contribution in [-0.4, -0.2) is 14.2 Å². The van der Waals surface area contributed by atoms with E-state index in [1.54, 1.807) is 0 Å². The third-order valence-electron chi connectivity index (χ3n) is 6.15. The van der Waals surface area contributed by atoms with Crippen LogP contribution in [0.4, 0.5) is 0 Å². The van der Waals surface area contributed by atoms with Gasteiger partial charge in [-0.3, -0.25) is 0 Å². The van der Waals surface area contributed by atoms with Crippen LogP contribution in [0.1, 0.15) is 89.0 Å². The Kier molecular flexibility index (Phi) is 7.47. The Bertz CT molecular complexity index is 940. The predicted octanol–water partition coefficient (Wildman–Crippen LogP) is 7.34. The first-order valence-corrected chi connectivity index (χ1v) is 11.8. The first-order valence-electron chi connectivity index (χ1n) is 11.8. The number of hydrogen-bond donors (Lipinski definition) is 1. The number of rotatable bonds is 10. The van der Waals surface area contributed by atoms with Crippen molar-refractivity contribution < 1.29 is 5.11 Å². The highest BCUT2D eigenvalue weighted by atomic mass is 16.3. The molecule has 0 spiro atoms. The number of aryl methyl sites for hydroxylation is 3. The van der Waals surface area contributed by atoms with Crippen LogP contribution in [0, 0.1) is 0 Å². The van der Waals surface area contributed by atoms with E-state index in [9.17, 15) is 5.11 Å². The van der Waals surface area contributed by atoms with Gasteiger partial charge < -0.3 is 14.2 Å². The standard InChI is InChI=1S/C27H38N2O/c1-6-11-21-16-17-22(12-7-2)28(21)25-14-10-15-26(27(25)30)29-23(13-8-3)18-19-24(29)20(5)9-4/h10,14-20,30H,6-9,11-13H2,1-5H3. The molecular formula is C27H38N2O.